The number of benzene rings is 2. The third kappa shape index (κ3) is 3.34. The molecule has 1 N–H and O–H groups in total. The lowest BCUT2D eigenvalue weighted by atomic mass is 10.3. The molecule has 5 heteroatoms. The van der Waals surface area contributed by atoms with Crippen LogP contribution in [0.3, 0.4) is 0 Å². The van der Waals surface area contributed by atoms with Crippen molar-refractivity contribution in [1.82, 2.24) is 0 Å². The van der Waals surface area contributed by atoms with E-state index in [1.165, 1.54) is 0 Å². The van der Waals surface area contributed by atoms with E-state index in [0.717, 1.165) is 29.3 Å². The fourth-order valence-corrected chi connectivity index (χ4v) is 3.15. The van der Waals surface area contributed by atoms with E-state index in [2.05, 4.69) is 69.0 Å². The molecule has 88 valence electrons. The molecule has 0 saturated heterocycles. The largest absolute Gasteiger partial charge is 0.355 e. The molecular weight excluding hydrogens is 478 g/mol. The van der Waals surface area contributed by atoms with Crippen LogP contribution in [0, 0.1) is 0 Å². The number of para-hydroxylation sites is 1. The van der Waals surface area contributed by atoms with Crippen LogP contribution in [-0.2, 0) is 0 Å². The van der Waals surface area contributed by atoms with Gasteiger partial charge in [-0.3, -0.25) is 0 Å². The van der Waals surface area contributed by atoms with Gasteiger partial charge in [0.1, 0.15) is 0 Å². The maximum Gasteiger partial charge on any atom is 0.0528 e. The molecular formula is C12H7Br4N. The van der Waals surface area contributed by atoms with Crippen molar-refractivity contribution in [3.63, 3.8) is 0 Å². The minimum atomic E-state index is 1.00. The molecule has 0 aliphatic rings. The molecule has 0 aliphatic carbocycles. The number of rotatable bonds is 2. The maximum atomic E-state index is 3.51. The highest BCUT2D eigenvalue weighted by Crippen LogP contribution is 2.35. The average molecular weight is 485 g/mol. The lowest BCUT2D eigenvalue weighted by Crippen LogP contribution is -1.91. The van der Waals surface area contributed by atoms with Gasteiger partial charge in [0.2, 0.25) is 0 Å². The van der Waals surface area contributed by atoms with Crippen LogP contribution in [0.2, 0.25) is 0 Å². The molecule has 0 radical (unpaired) electrons. The van der Waals surface area contributed by atoms with Crippen molar-refractivity contribution in [2.45, 2.75) is 0 Å². The Morgan fingerprint density at radius 2 is 1.35 bits per heavy atom. The van der Waals surface area contributed by atoms with E-state index in [-0.39, 0.29) is 0 Å². The van der Waals surface area contributed by atoms with Crippen LogP contribution in [0.5, 0.6) is 0 Å². The molecule has 0 fully saturated rings. The molecule has 0 amide bonds. The van der Waals surface area contributed by atoms with Crippen molar-refractivity contribution >= 4 is 75.1 Å². The Hall–Kier alpha value is 0.160. The van der Waals surface area contributed by atoms with E-state index < -0.39 is 0 Å². The number of hydrogen-bond donors (Lipinski definition) is 1. The van der Waals surface area contributed by atoms with E-state index in [1.54, 1.807) is 0 Å². The molecule has 0 aliphatic heterocycles. The van der Waals surface area contributed by atoms with Gasteiger partial charge in [-0.05, 0) is 88.0 Å². The van der Waals surface area contributed by atoms with Gasteiger partial charge < -0.3 is 5.32 Å². The summed E-state index contributed by atoms with van der Waals surface area (Å²) in [5.41, 5.74) is 2.05. The molecule has 0 atom stereocenters. The SMILES string of the molecule is Brc1ccccc1Nc1cc(Br)c(Br)c(Br)c1. The summed E-state index contributed by atoms with van der Waals surface area (Å²) in [5, 5.41) is 3.35. The molecule has 0 unspecified atom stereocenters. The van der Waals surface area contributed by atoms with Crippen molar-refractivity contribution < 1.29 is 0 Å². The zero-order valence-electron chi connectivity index (χ0n) is 8.48. The standard InChI is InChI=1S/C12H7Br4N/c13-8-3-1-2-4-11(8)17-7-5-9(14)12(16)10(15)6-7/h1-6,17H. The first-order chi connectivity index (χ1) is 8.08. The highest BCUT2D eigenvalue weighted by Gasteiger charge is 2.06. The van der Waals surface area contributed by atoms with E-state index in [9.17, 15) is 0 Å². The summed E-state index contributed by atoms with van der Waals surface area (Å²) in [6.45, 7) is 0. The van der Waals surface area contributed by atoms with Crippen LogP contribution in [0.1, 0.15) is 0 Å². The van der Waals surface area contributed by atoms with Crippen LogP contribution < -0.4 is 5.32 Å². The number of hydrogen-bond acceptors (Lipinski definition) is 1. The van der Waals surface area contributed by atoms with E-state index in [0.29, 0.717) is 0 Å². The van der Waals surface area contributed by atoms with Crippen molar-refractivity contribution in [2.75, 3.05) is 5.32 Å². The van der Waals surface area contributed by atoms with Crippen LogP contribution in [0.25, 0.3) is 0 Å². The van der Waals surface area contributed by atoms with Gasteiger partial charge in [0, 0.05) is 23.6 Å². The first kappa shape index (κ1) is 13.6. The highest BCUT2D eigenvalue weighted by atomic mass is 79.9. The lowest BCUT2D eigenvalue weighted by molar-refractivity contribution is 1.47. The maximum absolute atomic E-state index is 3.51. The van der Waals surface area contributed by atoms with Gasteiger partial charge in [-0.1, -0.05) is 12.1 Å². The number of nitrogens with one attached hydrogen (secondary N) is 1. The zero-order chi connectivity index (χ0) is 12.4. The summed E-state index contributed by atoms with van der Waals surface area (Å²) in [6.07, 6.45) is 0. The lowest BCUT2D eigenvalue weighted by Gasteiger charge is -2.10. The summed E-state index contributed by atoms with van der Waals surface area (Å²) in [7, 11) is 0. The van der Waals surface area contributed by atoms with Crippen LogP contribution in [0.4, 0.5) is 11.4 Å². The summed E-state index contributed by atoms with van der Waals surface area (Å²) in [5.74, 6) is 0. The Kier molecular flexibility index (Phi) is 4.69. The van der Waals surface area contributed by atoms with Gasteiger partial charge in [0.05, 0.1) is 5.69 Å². The van der Waals surface area contributed by atoms with Crippen molar-refractivity contribution in [1.29, 1.82) is 0 Å². The third-order valence-electron chi connectivity index (χ3n) is 2.14. The molecule has 0 saturated carbocycles. The Bertz CT molecular complexity index is 531. The fourth-order valence-electron chi connectivity index (χ4n) is 1.35. The summed E-state index contributed by atoms with van der Waals surface area (Å²) < 4.78 is 4.05. The Morgan fingerprint density at radius 3 is 1.94 bits per heavy atom. The molecule has 2 aromatic rings. The fraction of sp³-hybridized carbons (Fsp3) is 0. The summed E-state index contributed by atoms with van der Waals surface area (Å²) in [6, 6.07) is 12.1. The Labute approximate surface area is 134 Å². The normalized spacial score (nSPS) is 10.4. The molecule has 0 spiro atoms. The van der Waals surface area contributed by atoms with Crippen LogP contribution in [0.15, 0.2) is 54.3 Å². The van der Waals surface area contributed by atoms with E-state index >= 15 is 0 Å². The van der Waals surface area contributed by atoms with E-state index in [1.807, 2.05) is 36.4 Å². The molecule has 1 nitrogen and oxygen atoms in total. The van der Waals surface area contributed by atoms with Crippen LogP contribution in [-0.4, -0.2) is 0 Å². The molecule has 2 rings (SSSR count). The number of halogens is 4. The first-order valence-corrected chi connectivity index (χ1v) is 7.91. The van der Waals surface area contributed by atoms with Gasteiger partial charge in [-0.2, -0.15) is 0 Å². The van der Waals surface area contributed by atoms with Crippen molar-refractivity contribution in [2.24, 2.45) is 0 Å². The van der Waals surface area contributed by atoms with Gasteiger partial charge in [0.15, 0.2) is 0 Å². The molecule has 0 bridgehead atoms. The van der Waals surface area contributed by atoms with E-state index in [4.69, 9.17) is 0 Å². The highest BCUT2D eigenvalue weighted by molar-refractivity contribution is 9.14. The molecule has 0 aromatic heterocycles. The Balaban J connectivity index is 2.34. The van der Waals surface area contributed by atoms with Crippen LogP contribution >= 0.6 is 63.7 Å². The minimum absolute atomic E-state index is 1.00. The predicted molar refractivity (Wildman–Crippen MR) is 87.0 cm³/mol. The van der Waals surface area contributed by atoms with Gasteiger partial charge in [-0.25, -0.2) is 0 Å². The molecule has 17 heavy (non-hydrogen) atoms. The van der Waals surface area contributed by atoms with Crippen molar-refractivity contribution in [3.8, 4) is 0 Å². The topological polar surface area (TPSA) is 12.0 Å². The van der Waals surface area contributed by atoms with Gasteiger partial charge >= 0.3 is 0 Å². The monoisotopic (exact) mass is 481 g/mol. The first-order valence-electron chi connectivity index (χ1n) is 4.74. The zero-order valence-corrected chi connectivity index (χ0v) is 14.8. The second kappa shape index (κ2) is 5.87. The number of anilines is 2. The predicted octanol–water partition coefficient (Wildman–Crippen LogP) is 6.48. The summed E-state index contributed by atoms with van der Waals surface area (Å²) in [4.78, 5) is 0. The van der Waals surface area contributed by atoms with Gasteiger partial charge in [-0.15, -0.1) is 0 Å². The molecule has 2 aromatic carbocycles. The minimum Gasteiger partial charge on any atom is -0.355 e. The van der Waals surface area contributed by atoms with Crippen molar-refractivity contribution in [3.05, 3.63) is 54.3 Å². The molecule has 0 heterocycles. The smallest absolute Gasteiger partial charge is 0.0528 e. The quantitative estimate of drug-likeness (QED) is 0.481. The van der Waals surface area contributed by atoms with Gasteiger partial charge in [0.25, 0.3) is 0 Å². The second-order valence-corrected chi connectivity index (χ2v) is 6.71. The Morgan fingerprint density at radius 1 is 0.765 bits per heavy atom. The average Bonchev–Trinajstić information content (AvgIpc) is 2.29. The third-order valence-corrected chi connectivity index (χ3v) is 6.00. The second-order valence-electron chi connectivity index (χ2n) is 3.36. The summed E-state index contributed by atoms with van der Waals surface area (Å²) >= 11 is 14.0.